The molecule has 0 aromatic rings. The Bertz CT molecular complexity index is 337. The van der Waals surface area contributed by atoms with E-state index in [9.17, 15) is 4.79 Å². The molecule has 4 nitrogen and oxygen atoms in total. The van der Waals surface area contributed by atoms with Crippen LogP contribution in [0.5, 0.6) is 0 Å². The van der Waals surface area contributed by atoms with E-state index < -0.39 is 0 Å². The number of piperidine rings is 2. The van der Waals surface area contributed by atoms with Crippen LogP contribution in [-0.4, -0.2) is 61.5 Å². The molecule has 2 heterocycles. The van der Waals surface area contributed by atoms with E-state index in [2.05, 4.69) is 35.9 Å². The van der Waals surface area contributed by atoms with Gasteiger partial charge >= 0.3 is 0 Å². The van der Waals surface area contributed by atoms with Gasteiger partial charge in [0.25, 0.3) is 0 Å². The molecule has 22 heavy (non-hydrogen) atoms. The number of amides is 1. The fraction of sp³-hybridized carbons (Fsp3) is 0.944. The highest BCUT2D eigenvalue weighted by atomic mass is 16.1. The number of nitrogens with one attached hydrogen (secondary N) is 1. The summed E-state index contributed by atoms with van der Waals surface area (Å²) in [6, 6.07) is 0. The number of hydrogen-bond donors (Lipinski definition) is 1. The highest BCUT2D eigenvalue weighted by Gasteiger charge is 2.25. The van der Waals surface area contributed by atoms with Crippen LogP contribution in [0, 0.1) is 17.8 Å². The maximum atomic E-state index is 12.3. The van der Waals surface area contributed by atoms with Crippen LogP contribution in [0.15, 0.2) is 0 Å². The van der Waals surface area contributed by atoms with Gasteiger partial charge in [-0.15, -0.1) is 0 Å². The summed E-state index contributed by atoms with van der Waals surface area (Å²) in [7, 11) is 0. The minimum absolute atomic E-state index is 0.240. The van der Waals surface area contributed by atoms with Gasteiger partial charge in [-0.25, -0.2) is 0 Å². The molecule has 4 heteroatoms. The van der Waals surface area contributed by atoms with Crippen molar-refractivity contribution in [1.82, 2.24) is 15.1 Å². The van der Waals surface area contributed by atoms with Crippen molar-refractivity contribution in [1.29, 1.82) is 0 Å². The minimum atomic E-state index is 0.240. The first-order valence-corrected chi connectivity index (χ1v) is 9.27. The molecule has 1 amide bonds. The summed E-state index contributed by atoms with van der Waals surface area (Å²) in [5.74, 6) is 2.06. The highest BCUT2D eigenvalue weighted by molar-refractivity contribution is 5.78. The van der Waals surface area contributed by atoms with Gasteiger partial charge in [0.2, 0.25) is 5.91 Å². The smallest absolute Gasteiger partial charge is 0.223 e. The lowest BCUT2D eigenvalue weighted by Crippen LogP contribution is -2.44. The van der Waals surface area contributed by atoms with Gasteiger partial charge in [0.05, 0.1) is 0 Å². The van der Waals surface area contributed by atoms with E-state index in [4.69, 9.17) is 0 Å². The second kappa shape index (κ2) is 8.88. The molecule has 128 valence electrons. The lowest BCUT2D eigenvalue weighted by molar-refractivity contribution is -0.126. The summed E-state index contributed by atoms with van der Waals surface area (Å²) in [4.78, 5) is 17.3. The summed E-state index contributed by atoms with van der Waals surface area (Å²) < 4.78 is 0. The molecule has 2 aliphatic rings. The molecule has 0 aromatic heterocycles. The maximum Gasteiger partial charge on any atom is 0.223 e. The van der Waals surface area contributed by atoms with Crippen molar-refractivity contribution in [2.45, 2.75) is 46.5 Å². The van der Waals surface area contributed by atoms with E-state index >= 15 is 0 Å². The van der Waals surface area contributed by atoms with Crippen LogP contribution >= 0.6 is 0 Å². The SMILES string of the molecule is CC(C)CN1CCC(C(=O)NCCN2CCC[C@H](C)C2)CC1. The molecule has 0 bridgehead atoms. The summed E-state index contributed by atoms with van der Waals surface area (Å²) >= 11 is 0. The summed E-state index contributed by atoms with van der Waals surface area (Å²) in [6.07, 6.45) is 4.72. The molecular weight excluding hydrogens is 274 g/mol. The van der Waals surface area contributed by atoms with E-state index in [0.29, 0.717) is 0 Å². The molecule has 0 saturated carbocycles. The van der Waals surface area contributed by atoms with Gasteiger partial charge in [0.1, 0.15) is 0 Å². The Morgan fingerprint density at radius 1 is 1.14 bits per heavy atom. The average molecular weight is 309 g/mol. The number of likely N-dealkylation sites (tertiary alicyclic amines) is 2. The molecule has 0 spiro atoms. The zero-order chi connectivity index (χ0) is 15.9. The van der Waals surface area contributed by atoms with E-state index in [0.717, 1.165) is 50.9 Å². The van der Waals surface area contributed by atoms with E-state index in [1.54, 1.807) is 0 Å². The molecule has 1 atom stereocenters. The van der Waals surface area contributed by atoms with E-state index in [-0.39, 0.29) is 11.8 Å². The zero-order valence-electron chi connectivity index (χ0n) is 14.8. The second-order valence-electron chi connectivity index (χ2n) is 7.81. The van der Waals surface area contributed by atoms with Crippen LogP contribution < -0.4 is 5.32 Å². The van der Waals surface area contributed by atoms with Gasteiger partial charge in [-0.1, -0.05) is 20.8 Å². The molecule has 2 rings (SSSR count). The van der Waals surface area contributed by atoms with Gasteiger partial charge in [-0.3, -0.25) is 4.79 Å². The third-order valence-corrected chi connectivity index (χ3v) is 5.05. The van der Waals surface area contributed by atoms with E-state index in [1.807, 2.05) is 0 Å². The van der Waals surface area contributed by atoms with Crippen LogP contribution in [0.2, 0.25) is 0 Å². The Balaban J connectivity index is 1.60. The zero-order valence-corrected chi connectivity index (χ0v) is 14.8. The van der Waals surface area contributed by atoms with Crippen molar-refractivity contribution in [3.8, 4) is 0 Å². The Morgan fingerprint density at radius 3 is 2.50 bits per heavy atom. The lowest BCUT2D eigenvalue weighted by atomic mass is 9.95. The van der Waals surface area contributed by atoms with Crippen LogP contribution in [0.25, 0.3) is 0 Å². The number of hydrogen-bond acceptors (Lipinski definition) is 3. The Morgan fingerprint density at radius 2 is 1.86 bits per heavy atom. The number of carbonyl (C=O) groups excluding carboxylic acids is 1. The lowest BCUT2D eigenvalue weighted by Gasteiger charge is -2.33. The van der Waals surface area contributed by atoms with Gasteiger partial charge < -0.3 is 15.1 Å². The Hall–Kier alpha value is -0.610. The maximum absolute atomic E-state index is 12.3. The van der Waals surface area contributed by atoms with Crippen LogP contribution in [-0.2, 0) is 4.79 Å². The fourth-order valence-corrected chi connectivity index (χ4v) is 3.87. The number of nitrogens with zero attached hydrogens (tertiary/aromatic N) is 2. The molecule has 0 unspecified atom stereocenters. The molecule has 0 aromatic carbocycles. The second-order valence-corrected chi connectivity index (χ2v) is 7.81. The normalized spacial score (nSPS) is 25.5. The first-order valence-electron chi connectivity index (χ1n) is 9.27. The van der Waals surface area contributed by atoms with Gasteiger partial charge in [-0.2, -0.15) is 0 Å². The van der Waals surface area contributed by atoms with Crippen molar-refractivity contribution in [2.24, 2.45) is 17.8 Å². The minimum Gasteiger partial charge on any atom is -0.355 e. The van der Waals surface area contributed by atoms with Crippen molar-refractivity contribution in [3.05, 3.63) is 0 Å². The fourth-order valence-electron chi connectivity index (χ4n) is 3.87. The van der Waals surface area contributed by atoms with Gasteiger partial charge in [0, 0.05) is 32.1 Å². The number of carbonyl (C=O) groups is 1. The topological polar surface area (TPSA) is 35.6 Å². The molecule has 0 aliphatic carbocycles. The third-order valence-electron chi connectivity index (χ3n) is 5.05. The predicted octanol–water partition coefficient (Wildman–Crippen LogP) is 2.20. The van der Waals surface area contributed by atoms with Crippen molar-refractivity contribution in [3.63, 3.8) is 0 Å². The van der Waals surface area contributed by atoms with E-state index in [1.165, 1.54) is 32.5 Å². The third kappa shape index (κ3) is 5.88. The van der Waals surface area contributed by atoms with Crippen molar-refractivity contribution >= 4 is 5.91 Å². The molecular formula is C18H35N3O. The van der Waals surface area contributed by atoms with Gasteiger partial charge in [-0.05, 0) is 57.2 Å². The average Bonchev–Trinajstić information content (AvgIpc) is 2.47. The van der Waals surface area contributed by atoms with Crippen LogP contribution in [0.4, 0.5) is 0 Å². The van der Waals surface area contributed by atoms with Crippen molar-refractivity contribution in [2.75, 3.05) is 45.8 Å². The largest absolute Gasteiger partial charge is 0.355 e. The Labute approximate surface area is 136 Å². The molecule has 2 aliphatic heterocycles. The summed E-state index contributed by atoms with van der Waals surface area (Å²) in [6.45, 7) is 14.4. The quantitative estimate of drug-likeness (QED) is 0.817. The molecule has 2 saturated heterocycles. The first-order chi connectivity index (χ1) is 10.5. The van der Waals surface area contributed by atoms with Crippen molar-refractivity contribution < 1.29 is 4.79 Å². The number of rotatable bonds is 6. The van der Waals surface area contributed by atoms with Crippen LogP contribution in [0.1, 0.15) is 46.5 Å². The molecule has 0 radical (unpaired) electrons. The monoisotopic (exact) mass is 309 g/mol. The van der Waals surface area contributed by atoms with Crippen LogP contribution in [0.3, 0.4) is 0 Å². The highest BCUT2D eigenvalue weighted by Crippen LogP contribution is 2.18. The van der Waals surface area contributed by atoms with Gasteiger partial charge in [0.15, 0.2) is 0 Å². The predicted molar refractivity (Wildman–Crippen MR) is 91.8 cm³/mol. The Kier molecular flexibility index (Phi) is 7.16. The first kappa shape index (κ1) is 17.7. The molecule has 1 N–H and O–H groups in total. The summed E-state index contributed by atoms with van der Waals surface area (Å²) in [5, 5.41) is 3.17. The molecule has 2 fully saturated rings. The summed E-state index contributed by atoms with van der Waals surface area (Å²) in [5.41, 5.74) is 0. The standard InChI is InChI=1S/C18H35N3O/c1-15(2)13-21-10-6-17(7-11-21)18(22)19-8-12-20-9-4-5-16(3)14-20/h15-17H,4-14H2,1-3H3,(H,19,22)/t16-/m0/s1.